The molecule has 0 aromatic carbocycles. The predicted octanol–water partition coefficient (Wildman–Crippen LogP) is 3.72. The molecule has 3 aromatic heterocycles. The van der Waals surface area contributed by atoms with E-state index in [1.54, 1.807) is 18.5 Å². The highest BCUT2D eigenvalue weighted by atomic mass is 32.1. The number of likely N-dealkylation sites (tertiary alicyclic amines) is 1. The number of amides is 3. The molecule has 3 N–H and O–H groups in total. The Bertz CT molecular complexity index is 1290. The van der Waals surface area contributed by atoms with Crippen molar-refractivity contribution in [2.24, 2.45) is 5.41 Å². The Balaban J connectivity index is 1.50. The van der Waals surface area contributed by atoms with Crippen LogP contribution in [0.4, 0.5) is 0 Å². The Morgan fingerprint density at radius 3 is 2.57 bits per heavy atom. The van der Waals surface area contributed by atoms with Gasteiger partial charge in [-0.2, -0.15) is 0 Å². The Hall–Kier alpha value is -3.53. The van der Waals surface area contributed by atoms with Crippen molar-refractivity contribution in [3.63, 3.8) is 0 Å². The van der Waals surface area contributed by atoms with Gasteiger partial charge in [-0.05, 0) is 25.0 Å². The van der Waals surface area contributed by atoms with Crippen molar-refractivity contribution in [1.29, 1.82) is 0 Å². The molecule has 3 aromatic rings. The van der Waals surface area contributed by atoms with E-state index in [4.69, 9.17) is 0 Å². The van der Waals surface area contributed by atoms with Gasteiger partial charge < -0.3 is 20.5 Å². The highest BCUT2D eigenvalue weighted by molar-refractivity contribution is 7.17. The first-order chi connectivity index (χ1) is 16.5. The lowest BCUT2D eigenvalue weighted by atomic mass is 9.93. The lowest BCUT2D eigenvalue weighted by molar-refractivity contribution is -0.119. The minimum absolute atomic E-state index is 0.0287. The summed E-state index contributed by atoms with van der Waals surface area (Å²) in [6.45, 7) is 12.6. The minimum atomic E-state index is -0.299. The third kappa shape index (κ3) is 5.43. The fourth-order valence-corrected chi connectivity index (χ4v) is 4.76. The Labute approximate surface area is 208 Å². The number of nitrogens with zero attached hydrogens (tertiary/aromatic N) is 3. The molecule has 35 heavy (non-hydrogen) atoms. The maximum atomic E-state index is 13.0. The normalized spacial score (nSPS) is 14.7. The zero-order valence-electron chi connectivity index (χ0n) is 20.4. The smallest absolute Gasteiger partial charge is 0.263 e. The van der Waals surface area contributed by atoms with E-state index in [1.807, 2.05) is 31.7 Å². The summed E-state index contributed by atoms with van der Waals surface area (Å²) in [6.07, 6.45) is 4.71. The highest BCUT2D eigenvalue weighted by Crippen LogP contribution is 2.30. The first-order valence-electron chi connectivity index (χ1n) is 11.5. The van der Waals surface area contributed by atoms with Crippen molar-refractivity contribution in [3.05, 3.63) is 47.2 Å². The highest BCUT2D eigenvalue weighted by Gasteiger charge is 2.26. The van der Waals surface area contributed by atoms with Gasteiger partial charge in [-0.1, -0.05) is 27.4 Å². The maximum absolute atomic E-state index is 13.0. The lowest BCUT2D eigenvalue weighted by Crippen LogP contribution is -2.45. The number of thiophene rings is 1. The van der Waals surface area contributed by atoms with Crippen LogP contribution in [0.5, 0.6) is 0 Å². The van der Waals surface area contributed by atoms with E-state index in [-0.39, 0.29) is 29.2 Å². The van der Waals surface area contributed by atoms with Crippen LogP contribution < -0.4 is 10.6 Å². The molecule has 0 saturated carbocycles. The largest absolute Gasteiger partial charge is 0.353 e. The molecule has 0 spiro atoms. The molecule has 0 aliphatic carbocycles. The van der Waals surface area contributed by atoms with Gasteiger partial charge in [0.25, 0.3) is 11.8 Å². The Kier molecular flexibility index (Phi) is 6.75. The molecule has 0 bridgehead atoms. The molecule has 4 heterocycles. The standard InChI is InChI=1S/C25H30N6O3S/c1-14(25(3,4)5)28-23(33)17-12-26-22-21(17)30-18(13-27-22)19-6-7-20(35-19)24(34)31-10-8-16(9-11-31)29-15(2)32/h6-7,12-13,16H,1,8-11H2,2-5H3,(H,26,27)(H,28,33)(H,29,32). The van der Waals surface area contributed by atoms with E-state index in [9.17, 15) is 14.4 Å². The number of rotatable bonds is 5. The second-order valence-electron chi connectivity index (χ2n) is 9.77. The molecule has 1 saturated heterocycles. The van der Waals surface area contributed by atoms with E-state index >= 15 is 0 Å². The van der Waals surface area contributed by atoms with Crippen LogP contribution in [0.3, 0.4) is 0 Å². The number of hydrogen-bond donors (Lipinski definition) is 3. The summed E-state index contributed by atoms with van der Waals surface area (Å²) in [6, 6.07) is 3.77. The summed E-state index contributed by atoms with van der Waals surface area (Å²) in [5.74, 6) is -0.371. The molecule has 3 amide bonds. The van der Waals surface area contributed by atoms with E-state index in [0.717, 1.165) is 17.7 Å². The molecule has 184 valence electrons. The number of nitrogens with one attached hydrogen (secondary N) is 3. The van der Waals surface area contributed by atoms with Crippen molar-refractivity contribution < 1.29 is 14.4 Å². The average molecular weight is 495 g/mol. The molecule has 10 heteroatoms. The van der Waals surface area contributed by atoms with Crippen molar-refractivity contribution >= 4 is 40.2 Å². The topological polar surface area (TPSA) is 120 Å². The fourth-order valence-electron chi connectivity index (χ4n) is 3.84. The molecule has 0 atom stereocenters. The van der Waals surface area contributed by atoms with Crippen LogP contribution in [0.1, 0.15) is 60.6 Å². The van der Waals surface area contributed by atoms with Crippen LogP contribution in [-0.2, 0) is 4.79 Å². The third-order valence-corrected chi connectivity index (χ3v) is 7.15. The first-order valence-corrected chi connectivity index (χ1v) is 12.4. The molecular weight excluding hydrogens is 464 g/mol. The van der Waals surface area contributed by atoms with Gasteiger partial charge in [-0.15, -0.1) is 11.3 Å². The van der Waals surface area contributed by atoms with Crippen molar-refractivity contribution in [2.75, 3.05) is 13.1 Å². The van der Waals surface area contributed by atoms with E-state index in [2.05, 4.69) is 32.2 Å². The van der Waals surface area contributed by atoms with E-state index < -0.39 is 0 Å². The molecule has 9 nitrogen and oxygen atoms in total. The van der Waals surface area contributed by atoms with Crippen LogP contribution >= 0.6 is 11.3 Å². The number of aromatic amines is 1. The number of carbonyl (C=O) groups excluding carboxylic acids is 3. The van der Waals surface area contributed by atoms with Crippen LogP contribution in [0.15, 0.2) is 36.8 Å². The van der Waals surface area contributed by atoms with Gasteiger partial charge in [0.15, 0.2) is 5.65 Å². The van der Waals surface area contributed by atoms with Gasteiger partial charge in [0.05, 0.1) is 27.2 Å². The van der Waals surface area contributed by atoms with Crippen LogP contribution in [0, 0.1) is 5.41 Å². The molecule has 1 fully saturated rings. The summed E-state index contributed by atoms with van der Waals surface area (Å²) in [7, 11) is 0. The van der Waals surface area contributed by atoms with Gasteiger partial charge in [0.1, 0.15) is 5.52 Å². The summed E-state index contributed by atoms with van der Waals surface area (Å²) < 4.78 is 0. The van der Waals surface area contributed by atoms with Crippen molar-refractivity contribution in [2.45, 2.75) is 46.6 Å². The summed E-state index contributed by atoms with van der Waals surface area (Å²) >= 11 is 1.35. The van der Waals surface area contributed by atoms with E-state index in [0.29, 0.717) is 46.1 Å². The lowest BCUT2D eigenvalue weighted by Gasteiger charge is -2.31. The van der Waals surface area contributed by atoms with Gasteiger partial charge >= 0.3 is 0 Å². The number of H-pyrrole nitrogens is 1. The molecule has 0 unspecified atom stereocenters. The van der Waals surface area contributed by atoms with Crippen LogP contribution in [-0.4, -0.2) is 56.7 Å². The second kappa shape index (κ2) is 9.61. The zero-order chi connectivity index (χ0) is 25.3. The van der Waals surface area contributed by atoms with E-state index in [1.165, 1.54) is 18.3 Å². The monoisotopic (exact) mass is 494 g/mol. The number of hydrogen-bond acceptors (Lipinski definition) is 6. The molecule has 1 aliphatic rings. The number of aromatic nitrogens is 3. The average Bonchev–Trinajstić information content (AvgIpc) is 3.45. The number of piperidine rings is 1. The molecule has 1 aliphatic heterocycles. The van der Waals surface area contributed by atoms with Gasteiger partial charge in [0, 0.05) is 43.4 Å². The quantitative estimate of drug-likeness (QED) is 0.499. The minimum Gasteiger partial charge on any atom is -0.353 e. The first kappa shape index (κ1) is 24.6. The molecular formula is C25H30N6O3S. The predicted molar refractivity (Wildman–Crippen MR) is 136 cm³/mol. The van der Waals surface area contributed by atoms with Gasteiger partial charge in [-0.3, -0.25) is 14.4 Å². The number of allylic oxidation sites excluding steroid dienone is 1. The molecule has 0 radical (unpaired) electrons. The van der Waals surface area contributed by atoms with Gasteiger partial charge in [-0.25, -0.2) is 9.97 Å². The summed E-state index contributed by atoms with van der Waals surface area (Å²) in [5, 5.41) is 5.77. The van der Waals surface area contributed by atoms with Crippen molar-refractivity contribution in [3.8, 4) is 10.6 Å². The van der Waals surface area contributed by atoms with Crippen LogP contribution in [0.25, 0.3) is 21.7 Å². The van der Waals surface area contributed by atoms with Crippen LogP contribution in [0.2, 0.25) is 0 Å². The fraction of sp³-hybridized carbons (Fsp3) is 0.400. The Morgan fingerprint density at radius 2 is 1.91 bits per heavy atom. The second-order valence-corrected chi connectivity index (χ2v) is 10.9. The van der Waals surface area contributed by atoms with Gasteiger partial charge in [0.2, 0.25) is 5.91 Å². The third-order valence-electron chi connectivity index (χ3n) is 6.05. The number of carbonyl (C=O) groups is 3. The summed E-state index contributed by atoms with van der Waals surface area (Å²) in [5.41, 5.74) is 2.29. The number of fused-ring (bicyclic) bond motifs is 1. The maximum Gasteiger partial charge on any atom is 0.263 e. The summed E-state index contributed by atoms with van der Waals surface area (Å²) in [4.78, 5) is 52.5. The Morgan fingerprint density at radius 1 is 1.20 bits per heavy atom. The molecule has 4 rings (SSSR count). The van der Waals surface area contributed by atoms with Crippen molar-refractivity contribution in [1.82, 2.24) is 30.5 Å². The SMILES string of the molecule is C=C(NC(=O)c1c[nH]c2ncc(-c3ccc(C(=O)N4CCC(NC(C)=O)CC4)s3)nc12)C(C)(C)C. The zero-order valence-corrected chi connectivity index (χ0v) is 21.2.